The van der Waals surface area contributed by atoms with Crippen LogP contribution in [0.25, 0.3) is 81.0 Å². The Hall–Kier alpha value is -8.76. The molecule has 0 N–H and O–H groups in total. The molecule has 73 heavy (non-hydrogen) atoms. The Morgan fingerprint density at radius 3 is 1.66 bits per heavy atom. The van der Waals surface area contributed by atoms with Crippen molar-refractivity contribution in [3.63, 3.8) is 0 Å². The number of aromatic nitrogens is 1. The first-order valence-electron chi connectivity index (χ1n) is 25.4. The van der Waals surface area contributed by atoms with Crippen molar-refractivity contribution in [3.05, 3.63) is 288 Å². The first kappa shape index (κ1) is 42.0. The van der Waals surface area contributed by atoms with Gasteiger partial charge in [-0.1, -0.05) is 196 Å². The standard InChI is InChI=1S/C70H48N2S/c1-69(2)61-43-50(37-39-52(61)53-40-38-51(44-62(53)69)72-63-28-14-10-22-54(63)55-23-11-15-29-64(55)72)71(49-35-32-45(33-36-49)46-34-41-67-58(42-46)56-24-12-16-31-66(56)73-67)65-30-17-27-60-68(65)57-25-9-13-26-59(57)70(60,47-18-5-3-6-19-47)48-20-7-4-8-21-48/h3-44H,1-2H3. The van der Waals surface area contributed by atoms with Crippen LogP contribution in [0.5, 0.6) is 0 Å². The Labute approximate surface area is 429 Å². The summed E-state index contributed by atoms with van der Waals surface area (Å²) in [5.74, 6) is 0. The van der Waals surface area contributed by atoms with Crippen LogP contribution in [0, 0.1) is 0 Å². The van der Waals surface area contributed by atoms with Gasteiger partial charge in [0.15, 0.2) is 0 Å². The molecular formula is C70H48N2S. The van der Waals surface area contributed by atoms with Crippen molar-refractivity contribution in [2.24, 2.45) is 0 Å². The third kappa shape index (κ3) is 6.04. The van der Waals surface area contributed by atoms with Crippen LogP contribution in [0.4, 0.5) is 17.1 Å². The van der Waals surface area contributed by atoms with E-state index in [-0.39, 0.29) is 5.41 Å². The molecule has 0 bridgehead atoms. The van der Waals surface area contributed by atoms with E-state index in [1.54, 1.807) is 0 Å². The average molecular weight is 949 g/mol. The van der Waals surface area contributed by atoms with Crippen LogP contribution in [0.15, 0.2) is 255 Å². The third-order valence-electron chi connectivity index (χ3n) is 16.3. The lowest BCUT2D eigenvalue weighted by Gasteiger charge is -2.34. The van der Waals surface area contributed by atoms with E-state index >= 15 is 0 Å². The van der Waals surface area contributed by atoms with Crippen molar-refractivity contribution in [2.75, 3.05) is 4.90 Å². The average Bonchev–Trinajstić information content (AvgIpc) is 4.15. The predicted octanol–water partition coefficient (Wildman–Crippen LogP) is 19.0. The summed E-state index contributed by atoms with van der Waals surface area (Å²) >= 11 is 1.87. The van der Waals surface area contributed by atoms with Gasteiger partial charge in [0.25, 0.3) is 0 Å². The van der Waals surface area contributed by atoms with E-state index in [9.17, 15) is 0 Å². The minimum absolute atomic E-state index is 0.281. The highest BCUT2D eigenvalue weighted by Gasteiger charge is 2.47. The zero-order valence-corrected chi connectivity index (χ0v) is 41.4. The summed E-state index contributed by atoms with van der Waals surface area (Å²) in [6, 6.07) is 95.4. The fourth-order valence-corrected chi connectivity index (χ4v) is 14.1. The molecule has 2 aliphatic carbocycles. The predicted molar refractivity (Wildman–Crippen MR) is 309 cm³/mol. The Balaban J connectivity index is 0.923. The molecule has 344 valence electrons. The van der Waals surface area contributed by atoms with Crippen LogP contribution in [-0.4, -0.2) is 4.57 Å². The van der Waals surface area contributed by atoms with Gasteiger partial charge in [0, 0.05) is 59.0 Å². The van der Waals surface area contributed by atoms with Crippen LogP contribution >= 0.6 is 11.3 Å². The molecule has 2 aromatic heterocycles. The van der Waals surface area contributed by atoms with Gasteiger partial charge in [-0.15, -0.1) is 11.3 Å². The molecule has 0 saturated heterocycles. The molecular weight excluding hydrogens is 901 g/mol. The van der Waals surface area contributed by atoms with E-state index in [0.717, 1.165) is 17.1 Å². The number of anilines is 3. The van der Waals surface area contributed by atoms with Crippen LogP contribution in [0.2, 0.25) is 0 Å². The van der Waals surface area contributed by atoms with Gasteiger partial charge in [-0.2, -0.15) is 0 Å². The van der Waals surface area contributed by atoms with Crippen molar-refractivity contribution in [1.82, 2.24) is 4.57 Å². The van der Waals surface area contributed by atoms with E-state index in [0.29, 0.717) is 0 Å². The van der Waals surface area contributed by atoms with Crippen molar-refractivity contribution >= 4 is 70.4 Å². The minimum atomic E-state index is -0.528. The Kier molecular flexibility index (Phi) is 9.12. The summed E-state index contributed by atoms with van der Waals surface area (Å²) in [7, 11) is 0. The second kappa shape index (κ2) is 15.9. The zero-order valence-electron chi connectivity index (χ0n) is 40.6. The largest absolute Gasteiger partial charge is 0.310 e. The molecule has 0 atom stereocenters. The van der Waals surface area contributed by atoms with Crippen molar-refractivity contribution in [2.45, 2.75) is 24.7 Å². The molecule has 0 amide bonds. The lowest BCUT2D eigenvalue weighted by atomic mass is 9.68. The molecule has 0 unspecified atom stereocenters. The van der Waals surface area contributed by atoms with Gasteiger partial charge < -0.3 is 9.47 Å². The summed E-state index contributed by atoms with van der Waals surface area (Å²) in [6.07, 6.45) is 0. The molecule has 13 aromatic rings. The van der Waals surface area contributed by atoms with Crippen molar-refractivity contribution in [1.29, 1.82) is 0 Å². The summed E-state index contributed by atoms with van der Waals surface area (Å²) in [6.45, 7) is 4.82. The van der Waals surface area contributed by atoms with E-state index in [2.05, 4.69) is 278 Å². The second-order valence-electron chi connectivity index (χ2n) is 20.4. The highest BCUT2D eigenvalue weighted by Crippen LogP contribution is 2.60. The molecule has 0 saturated carbocycles. The lowest BCUT2D eigenvalue weighted by Crippen LogP contribution is -2.28. The maximum absolute atomic E-state index is 2.53. The monoisotopic (exact) mass is 948 g/mol. The molecule has 11 aromatic carbocycles. The van der Waals surface area contributed by atoms with Gasteiger partial charge in [-0.05, 0) is 134 Å². The van der Waals surface area contributed by atoms with Gasteiger partial charge in [0.2, 0.25) is 0 Å². The maximum Gasteiger partial charge on any atom is 0.0714 e. The first-order chi connectivity index (χ1) is 36.0. The second-order valence-corrected chi connectivity index (χ2v) is 21.5. The number of hydrogen-bond donors (Lipinski definition) is 0. The van der Waals surface area contributed by atoms with E-state index in [1.165, 1.54) is 114 Å². The number of fused-ring (bicyclic) bond motifs is 12. The van der Waals surface area contributed by atoms with E-state index < -0.39 is 5.41 Å². The Morgan fingerprint density at radius 1 is 0.370 bits per heavy atom. The first-order valence-corrected chi connectivity index (χ1v) is 26.2. The van der Waals surface area contributed by atoms with Gasteiger partial charge in [-0.25, -0.2) is 0 Å². The minimum Gasteiger partial charge on any atom is -0.310 e. The van der Waals surface area contributed by atoms with Crippen LogP contribution < -0.4 is 4.90 Å². The van der Waals surface area contributed by atoms with Gasteiger partial charge in [-0.3, -0.25) is 0 Å². The molecule has 15 rings (SSSR count). The summed E-state index contributed by atoms with van der Waals surface area (Å²) in [5.41, 5.74) is 21.5. The number of rotatable bonds is 7. The fourth-order valence-electron chi connectivity index (χ4n) is 13.0. The molecule has 0 spiro atoms. The number of hydrogen-bond acceptors (Lipinski definition) is 2. The smallest absolute Gasteiger partial charge is 0.0714 e. The topological polar surface area (TPSA) is 8.17 Å². The SMILES string of the molecule is CC1(C)c2cc(N(c3ccc(-c4ccc5sc6ccccc6c5c4)cc3)c3cccc4c3-c3ccccc3C4(c3ccccc3)c3ccccc3)ccc2-c2ccc(-n3c4ccccc4c4ccccc43)cc21. The summed E-state index contributed by atoms with van der Waals surface area (Å²) in [5, 5.41) is 5.18. The van der Waals surface area contributed by atoms with Crippen molar-refractivity contribution in [3.8, 4) is 39.1 Å². The third-order valence-corrected chi connectivity index (χ3v) is 17.4. The molecule has 0 radical (unpaired) electrons. The number of benzene rings is 11. The quantitative estimate of drug-likeness (QED) is 0.155. The lowest BCUT2D eigenvalue weighted by molar-refractivity contribution is 0.660. The molecule has 2 heterocycles. The molecule has 2 nitrogen and oxygen atoms in total. The van der Waals surface area contributed by atoms with Gasteiger partial charge >= 0.3 is 0 Å². The van der Waals surface area contributed by atoms with Crippen LogP contribution in [0.3, 0.4) is 0 Å². The summed E-state index contributed by atoms with van der Waals surface area (Å²) < 4.78 is 5.09. The van der Waals surface area contributed by atoms with E-state index in [1.807, 2.05) is 11.3 Å². The fraction of sp³-hybridized carbons (Fsp3) is 0.0571. The Morgan fingerprint density at radius 2 is 0.932 bits per heavy atom. The maximum atomic E-state index is 2.53. The Bertz CT molecular complexity index is 4250. The normalized spacial score (nSPS) is 13.8. The molecule has 2 aliphatic rings. The number of thiophene rings is 1. The zero-order chi connectivity index (χ0) is 48.4. The van der Waals surface area contributed by atoms with Gasteiger partial charge in [0.05, 0.1) is 22.1 Å². The van der Waals surface area contributed by atoms with Crippen LogP contribution in [-0.2, 0) is 10.8 Å². The van der Waals surface area contributed by atoms with E-state index in [4.69, 9.17) is 0 Å². The highest BCUT2D eigenvalue weighted by atomic mass is 32.1. The number of nitrogens with zero attached hydrogens (tertiary/aromatic N) is 2. The number of para-hydroxylation sites is 2. The molecule has 0 fully saturated rings. The molecule has 0 aliphatic heterocycles. The molecule has 3 heteroatoms. The summed E-state index contributed by atoms with van der Waals surface area (Å²) in [4.78, 5) is 2.53. The van der Waals surface area contributed by atoms with Crippen molar-refractivity contribution < 1.29 is 0 Å². The van der Waals surface area contributed by atoms with Gasteiger partial charge in [0.1, 0.15) is 0 Å². The van der Waals surface area contributed by atoms with Crippen LogP contribution in [0.1, 0.15) is 47.2 Å². The highest BCUT2D eigenvalue weighted by molar-refractivity contribution is 7.25.